The van der Waals surface area contributed by atoms with Gasteiger partial charge in [0.05, 0.1) is 5.69 Å². The van der Waals surface area contributed by atoms with Crippen molar-refractivity contribution in [1.82, 2.24) is 15.4 Å². The second-order valence-electron chi connectivity index (χ2n) is 4.43. The fraction of sp³-hybridized carbons (Fsp3) is 0.727. The summed E-state index contributed by atoms with van der Waals surface area (Å²) in [4.78, 5) is 2.35. The molecule has 1 saturated heterocycles. The van der Waals surface area contributed by atoms with Gasteiger partial charge in [-0.25, -0.2) is 0 Å². The summed E-state index contributed by atoms with van der Waals surface area (Å²) in [5, 5.41) is 7.49. The van der Waals surface area contributed by atoms with Crippen LogP contribution in [0.2, 0.25) is 0 Å². The second kappa shape index (κ2) is 4.33. The van der Waals surface area contributed by atoms with E-state index in [0.29, 0.717) is 6.04 Å². The van der Waals surface area contributed by atoms with Crippen LogP contribution in [0.15, 0.2) is 4.52 Å². The van der Waals surface area contributed by atoms with E-state index < -0.39 is 0 Å². The standard InChI is InChI=1S/C11H19N3O/c1-8-9(2)13-15-11(8)6-10-7-14(3)5-4-12-10/h10,12H,4-7H2,1-3H3. The van der Waals surface area contributed by atoms with Crippen molar-refractivity contribution >= 4 is 0 Å². The molecule has 0 radical (unpaired) electrons. The molecule has 84 valence electrons. The van der Waals surface area contributed by atoms with Gasteiger partial charge in [0.25, 0.3) is 0 Å². The summed E-state index contributed by atoms with van der Waals surface area (Å²) in [7, 11) is 2.16. The molecule has 0 aromatic carbocycles. The molecule has 0 spiro atoms. The van der Waals surface area contributed by atoms with Crippen LogP contribution in [0.4, 0.5) is 0 Å². The van der Waals surface area contributed by atoms with Crippen molar-refractivity contribution < 1.29 is 4.52 Å². The Morgan fingerprint density at radius 3 is 2.93 bits per heavy atom. The van der Waals surface area contributed by atoms with E-state index in [1.54, 1.807) is 0 Å². The van der Waals surface area contributed by atoms with Gasteiger partial charge < -0.3 is 14.7 Å². The third kappa shape index (κ3) is 2.38. The molecule has 1 aliphatic rings. The molecule has 2 rings (SSSR count). The smallest absolute Gasteiger partial charge is 0.141 e. The van der Waals surface area contributed by atoms with Crippen molar-refractivity contribution in [1.29, 1.82) is 0 Å². The zero-order valence-corrected chi connectivity index (χ0v) is 9.71. The van der Waals surface area contributed by atoms with Crippen LogP contribution in [0, 0.1) is 13.8 Å². The van der Waals surface area contributed by atoms with Crippen molar-refractivity contribution in [3.05, 3.63) is 17.0 Å². The van der Waals surface area contributed by atoms with Crippen molar-refractivity contribution in [2.75, 3.05) is 26.7 Å². The maximum atomic E-state index is 5.32. The Bertz CT molecular complexity index is 335. The van der Waals surface area contributed by atoms with Gasteiger partial charge in [-0.1, -0.05) is 5.16 Å². The fourth-order valence-electron chi connectivity index (χ4n) is 2.00. The predicted molar refractivity (Wildman–Crippen MR) is 59.0 cm³/mol. The largest absolute Gasteiger partial charge is 0.361 e. The van der Waals surface area contributed by atoms with E-state index in [9.17, 15) is 0 Å². The summed E-state index contributed by atoms with van der Waals surface area (Å²) in [5.41, 5.74) is 2.21. The van der Waals surface area contributed by atoms with E-state index in [1.165, 1.54) is 5.56 Å². The molecule has 1 aliphatic heterocycles. The monoisotopic (exact) mass is 209 g/mol. The molecule has 2 heterocycles. The number of rotatable bonds is 2. The van der Waals surface area contributed by atoms with Gasteiger partial charge >= 0.3 is 0 Å². The van der Waals surface area contributed by atoms with Crippen molar-refractivity contribution in [2.24, 2.45) is 0 Å². The van der Waals surface area contributed by atoms with Gasteiger partial charge in [-0.15, -0.1) is 0 Å². The summed E-state index contributed by atoms with van der Waals surface area (Å²) in [6.45, 7) is 7.34. The molecule has 0 amide bonds. The topological polar surface area (TPSA) is 41.3 Å². The minimum atomic E-state index is 0.495. The summed E-state index contributed by atoms with van der Waals surface area (Å²) < 4.78 is 5.32. The van der Waals surface area contributed by atoms with Crippen molar-refractivity contribution in [2.45, 2.75) is 26.3 Å². The Morgan fingerprint density at radius 2 is 2.33 bits per heavy atom. The van der Waals surface area contributed by atoms with Gasteiger partial charge in [-0.3, -0.25) is 0 Å². The average Bonchev–Trinajstić information content (AvgIpc) is 2.50. The molecule has 4 heteroatoms. The molecule has 1 atom stereocenters. The quantitative estimate of drug-likeness (QED) is 0.780. The van der Waals surface area contributed by atoms with E-state index in [0.717, 1.165) is 37.5 Å². The second-order valence-corrected chi connectivity index (χ2v) is 4.43. The Balaban J connectivity index is 1.99. The SMILES string of the molecule is Cc1noc(CC2CN(C)CCN2)c1C. The number of hydrogen-bond acceptors (Lipinski definition) is 4. The van der Waals surface area contributed by atoms with Crippen molar-refractivity contribution in [3.63, 3.8) is 0 Å². The van der Waals surface area contributed by atoms with Gasteiger partial charge in [0.2, 0.25) is 0 Å². The first-order valence-electron chi connectivity index (χ1n) is 5.50. The third-order valence-corrected chi connectivity index (χ3v) is 3.14. The Hall–Kier alpha value is -0.870. The van der Waals surface area contributed by atoms with Crippen LogP contribution in [0.3, 0.4) is 0 Å². The molecular formula is C11H19N3O. The zero-order valence-electron chi connectivity index (χ0n) is 9.71. The van der Waals surface area contributed by atoms with Crippen LogP contribution in [0.5, 0.6) is 0 Å². The summed E-state index contributed by atoms with van der Waals surface area (Å²) in [6, 6.07) is 0.495. The fourth-order valence-corrected chi connectivity index (χ4v) is 2.00. The highest BCUT2D eigenvalue weighted by Crippen LogP contribution is 2.14. The van der Waals surface area contributed by atoms with Gasteiger partial charge in [0.15, 0.2) is 0 Å². The van der Waals surface area contributed by atoms with Gasteiger partial charge in [-0.2, -0.15) is 0 Å². The number of hydrogen-bond donors (Lipinski definition) is 1. The lowest BCUT2D eigenvalue weighted by Gasteiger charge is -2.30. The molecule has 0 bridgehead atoms. The molecule has 0 saturated carbocycles. The molecule has 1 fully saturated rings. The van der Waals surface area contributed by atoms with Crippen LogP contribution in [-0.4, -0.2) is 42.8 Å². The molecule has 15 heavy (non-hydrogen) atoms. The Labute approximate surface area is 90.6 Å². The summed E-state index contributed by atoms with van der Waals surface area (Å²) in [6.07, 6.45) is 0.941. The van der Waals surface area contributed by atoms with E-state index in [1.807, 2.05) is 6.92 Å². The molecule has 1 aromatic heterocycles. The van der Waals surface area contributed by atoms with Crippen molar-refractivity contribution in [3.8, 4) is 0 Å². The molecule has 4 nitrogen and oxygen atoms in total. The van der Waals surface area contributed by atoms with Crippen LogP contribution in [0.1, 0.15) is 17.0 Å². The molecule has 1 aromatic rings. The highest BCUT2D eigenvalue weighted by Gasteiger charge is 2.20. The Kier molecular flexibility index (Phi) is 3.07. The Morgan fingerprint density at radius 1 is 1.53 bits per heavy atom. The number of aromatic nitrogens is 1. The highest BCUT2D eigenvalue weighted by molar-refractivity contribution is 5.20. The number of nitrogens with one attached hydrogen (secondary N) is 1. The highest BCUT2D eigenvalue weighted by atomic mass is 16.5. The van der Waals surface area contributed by atoms with E-state index in [2.05, 4.69) is 29.3 Å². The number of likely N-dealkylation sites (N-methyl/N-ethyl adjacent to an activating group) is 1. The first kappa shape index (κ1) is 10.6. The van der Waals surface area contributed by atoms with Crippen LogP contribution < -0.4 is 5.32 Å². The molecule has 0 aliphatic carbocycles. The maximum Gasteiger partial charge on any atom is 0.141 e. The van der Waals surface area contributed by atoms with E-state index >= 15 is 0 Å². The van der Waals surface area contributed by atoms with Crippen LogP contribution in [0.25, 0.3) is 0 Å². The maximum absolute atomic E-state index is 5.32. The number of aryl methyl sites for hydroxylation is 1. The minimum absolute atomic E-state index is 0.495. The lowest BCUT2D eigenvalue weighted by Crippen LogP contribution is -2.49. The number of piperazine rings is 1. The first-order chi connectivity index (χ1) is 7.16. The minimum Gasteiger partial charge on any atom is -0.361 e. The molecule has 1 unspecified atom stereocenters. The zero-order chi connectivity index (χ0) is 10.8. The van der Waals surface area contributed by atoms with Gasteiger partial charge in [0.1, 0.15) is 5.76 Å². The lowest BCUT2D eigenvalue weighted by molar-refractivity contribution is 0.229. The van der Waals surface area contributed by atoms with Crippen LogP contribution in [-0.2, 0) is 6.42 Å². The van der Waals surface area contributed by atoms with E-state index in [4.69, 9.17) is 4.52 Å². The summed E-state index contributed by atoms with van der Waals surface area (Å²) >= 11 is 0. The molecule has 1 N–H and O–H groups in total. The normalized spacial score (nSPS) is 23.3. The van der Waals surface area contributed by atoms with Gasteiger partial charge in [-0.05, 0) is 20.9 Å². The average molecular weight is 209 g/mol. The van der Waals surface area contributed by atoms with Crippen LogP contribution >= 0.6 is 0 Å². The first-order valence-corrected chi connectivity index (χ1v) is 5.50. The predicted octanol–water partition coefficient (Wildman–Crippen LogP) is 0.738. The molecular weight excluding hydrogens is 190 g/mol. The lowest BCUT2D eigenvalue weighted by atomic mass is 10.1. The van der Waals surface area contributed by atoms with E-state index in [-0.39, 0.29) is 0 Å². The third-order valence-electron chi connectivity index (χ3n) is 3.14. The number of nitrogens with zero attached hydrogens (tertiary/aromatic N) is 2. The van der Waals surface area contributed by atoms with Gasteiger partial charge in [0, 0.05) is 37.7 Å². The summed E-state index contributed by atoms with van der Waals surface area (Å²) in [5.74, 6) is 1.03.